The summed E-state index contributed by atoms with van der Waals surface area (Å²) in [5, 5.41) is 7.81. The van der Waals surface area contributed by atoms with E-state index in [2.05, 4.69) is 41.8 Å². The van der Waals surface area contributed by atoms with E-state index >= 15 is 0 Å². The van der Waals surface area contributed by atoms with Crippen LogP contribution in [-0.4, -0.2) is 5.78 Å². The third kappa shape index (κ3) is 3.82. The van der Waals surface area contributed by atoms with E-state index in [0.29, 0.717) is 40.0 Å². The lowest BCUT2D eigenvalue weighted by atomic mass is 9.78. The van der Waals surface area contributed by atoms with Gasteiger partial charge in [-0.25, -0.2) is 0 Å². The number of Topliss-reactive ketones (excluding diaryl/α,β-unsaturated/α-hetero) is 1. The Bertz CT molecular complexity index is 1570. The monoisotopic (exact) mass is 482 g/mol. The van der Waals surface area contributed by atoms with Gasteiger partial charge in [-0.1, -0.05) is 53.6 Å². The molecule has 0 amide bonds. The van der Waals surface area contributed by atoms with Gasteiger partial charge < -0.3 is 15.1 Å². The molecule has 4 aromatic rings. The molecule has 3 aromatic carbocycles. The van der Waals surface area contributed by atoms with Crippen LogP contribution in [0.2, 0.25) is 5.02 Å². The molecule has 35 heavy (non-hydrogen) atoms. The summed E-state index contributed by atoms with van der Waals surface area (Å²) >= 11 is 6.17. The van der Waals surface area contributed by atoms with E-state index < -0.39 is 6.04 Å². The van der Waals surface area contributed by atoms with Gasteiger partial charge in [-0.2, -0.15) is 0 Å². The highest BCUT2D eigenvalue weighted by Crippen LogP contribution is 2.44. The first-order valence-corrected chi connectivity index (χ1v) is 12.0. The first-order valence-electron chi connectivity index (χ1n) is 11.6. The first-order chi connectivity index (χ1) is 17.0. The normalized spacial score (nSPS) is 19.4. The van der Waals surface area contributed by atoms with Crippen molar-refractivity contribution in [1.82, 2.24) is 0 Å². The zero-order valence-electron chi connectivity index (χ0n) is 19.1. The molecule has 6 rings (SSSR count). The molecule has 2 atom stereocenters. The van der Waals surface area contributed by atoms with Gasteiger partial charge in [0.25, 0.3) is 0 Å². The molecule has 0 saturated carbocycles. The number of ketones is 1. The van der Waals surface area contributed by atoms with Crippen LogP contribution in [0, 0.1) is 6.92 Å². The van der Waals surface area contributed by atoms with Crippen molar-refractivity contribution in [1.29, 1.82) is 0 Å². The van der Waals surface area contributed by atoms with Crippen molar-refractivity contribution in [3.63, 3.8) is 0 Å². The van der Waals surface area contributed by atoms with Crippen molar-refractivity contribution >= 4 is 39.7 Å². The molecule has 174 valence electrons. The summed E-state index contributed by atoms with van der Waals surface area (Å²) in [6.45, 7) is 2.05. The molecule has 2 aliphatic rings. The predicted molar refractivity (Wildman–Crippen MR) is 139 cm³/mol. The number of carbonyl (C=O) groups is 1. The maximum atomic E-state index is 13.7. The molecular weight excluding hydrogens is 460 g/mol. The summed E-state index contributed by atoms with van der Waals surface area (Å²) in [6, 6.07) is 20.5. The van der Waals surface area contributed by atoms with Crippen LogP contribution in [0.3, 0.4) is 0 Å². The number of carbonyl (C=O) groups excluding carboxylic acids is 1. The lowest BCUT2D eigenvalue weighted by molar-refractivity contribution is -0.116. The third-order valence-corrected chi connectivity index (χ3v) is 7.17. The number of hydrogen-bond acceptors (Lipinski definition) is 5. The number of allylic oxidation sites excluding steroid dienone is 1. The Labute approximate surface area is 207 Å². The van der Waals surface area contributed by atoms with Gasteiger partial charge in [-0.05, 0) is 55.2 Å². The smallest absolute Gasteiger partial charge is 0.198 e. The minimum atomic E-state index is -0.646. The fourth-order valence-corrected chi connectivity index (χ4v) is 5.29. The number of fused-ring (bicyclic) bond motifs is 2. The number of anilines is 2. The second kappa shape index (κ2) is 8.43. The molecule has 1 aliphatic carbocycles. The zero-order valence-corrected chi connectivity index (χ0v) is 19.9. The molecule has 2 N–H and O–H groups in total. The third-order valence-electron chi connectivity index (χ3n) is 6.93. The van der Waals surface area contributed by atoms with E-state index in [1.807, 2.05) is 24.3 Å². The van der Waals surface area contributed by atoms with Gasteiger partial charge in [0.05, 0.1) is 28.4 Å². The first kappa shape index (κ1) is 21.7. The summed E-state index contributed by atoms with van der Waals surface area (Å²) < 4.78 is 5.82. The van der Waals surface area contributed by atoms with Crippen molar-refractivity contribution in [2.45, 2.75) is 31.7 Å². The number of benzene rings is 3. The highest BCUT2D eigenvalue weighted by molar-refractivity contribution is 6.31. The van der Waals surface area contributed by atoms with Crippen LogP contribution in [-0.2, 0) is 4.79 Å². The Kier molecular flexibility index (Phi) is 5.23. The quantitative estimate of drug-likeness (QED) is 0.331. The van der Waals surface area contributed by atoms with E-state index in [-0.39, 0.29) is 17.1 Å². The van der Waals surface area contributed by atoms with E-state index in [1.165, 1.54) is 11.8 Å². The topological polar surface area (TPSA) is 71.3 Å². The summed E-state index contributed by atoms with van der Waals surface area (Å²) in [6.07, 6.45) is 2.51. The van der Waals surface area contributed by atoms with Crippen LogP contribution in [0.25, 0.3) is 11.0 Å². The number of aryl methyl sites for hydroxylation is 1. The molecule has 2 heterocycles. The number of hydrogen-bond donors (Lipinski definition) is 2. The minimum Gasteiger partial charge on any atom is -0.464 e. The summed E-state index contributed by atoms with van der Waals surface area (Å²) in [4.78, 5) is 27.3. The molecule has 1 aromatic heterocycles. The molecule has 0 bridgehead atoms. The van der Waals surface area contributed by atoms with Crippen LogP contribution in [0.5, 0.6) is 0 Å². The molecule has 6 heteroatoms. The SMILES string of the molecule is Cc1ccc([C@H]2CC(=O)C3=C(C2)Nc2ccccc2N[C@H]3c2coc3ccc(Cl)cc3c2=O)cc1. The van der Waals surface area contributed by atoms with Gasteiger partial charge >= 0.3 is 0 Å². The van der Waals surface area contributed by atoms with Gasteiger partial charge in [-0.3, -0.25) is 9.59 Å². The molecule has 0 fully saturated rings. The maximum Gasteiger partial charge on any atom is 0.198 e. The van der Waals surface area contributed by atoms with Crippen molar-refractivity contribution in [3.05, 3.63) is 116 Å². The van der Waals surface area contributed by atoms with Gasteiger partial charge in [-0.15, -0.1) is 0 Å². The molecule has 1 aliphatic heterocycles. The van der Waals surface area contributed by atoms with Crippen LogP contribution in [0.4, 0.5) is 11.4 Å². The van der Waals surface area contributed by atoms with Crippen LogP contribution >= 0.6 is 11.6 Å². The van der Waals surface area contributed by atoms with E-state index in [0.717, 1.165) is 22.6 Å². The minimum absolute atomic E-state index is 0.0141. The number of halogens is 1. The maximum absolute atomic E-state index is 13.7. The van der Waals surface area contributed by atoms with Crippen molar-refractivity contribution in [2.75, 3.05) is 10.6 Å². The lowest BCUT2D eigenvalue weighted by Crippen LogP contribution is -2.29. The Morgan fingerprint density at radius 3 is 2.51 bits per heavy atom. The highest BCUT2D eigenvalue weighted by atomic mass is 35.5. The summed E-state index contributed by atoms with van der Waals surface area (Å²) in [7, 11) is 0. The second-order valence-corrected chi connectivity index (χ2v) is 9.68. The molecule has 0 saturated heterocycles. The van der Waals surface area contributed by atoms with E-state index in [4.69, 9.17) is 16.0 Å². The van der Waals surface area contributed by atoms with Gasteiger partial charge in [0.1, 0.15) is 11.8 Å². The predicted octanol–water partition coefficient (Wildman–Crippen LogP) is 6.73. The molecular formula is C29H23ClN2O3. The number of rotatable bonds is 2. The van der Waals surface area contributed by atoms with Crippen molar-refractivity contribution in [2.24, 2.45) is 0 Å². The second-order valence-electron chi connectivity index (χ2n) is 9.24. The number of nitrogens with one attached hydrogen (secondary N) is 2. The van der Waals surface area contributed by atoms with Crippen molar-refractivity contribution < 1.29 is 9.21 Å². The van der Waals surface area contributed by atoms with Crippen LogP contribution < -0.4 is 16.1 Å². The van der Waals surface area contributed by atoms with Crippen LogP contribution in [0.1, 0.15) is 41.5 Å². The fourth-order valence-electron chi connectivity index (χ4n) is 5.12. The summed E-state index contributed by atoms with van der Waals surface area (Å²) in [5.74, 6) is 0.0762. The average Bonchev–Trinajstić information content (AvgIpc) is 3.02. The van der Waals surface area contributed by atoms with E-state index in [9.17, 15) is 9.59 Å². The molecule has 0 unspecified atom stereocenters. The fraction of sp³-hybridized carbons (Fsp3) is 0.172. The average molecular weight is 483 g/mol. The Morgan fingerprint density at radius 1 is 0.943 bits per heavy atom. The molecule has 0 radical (unpaired) electrons. The van der Waals surface area contributed by atoms with Gasteiger partial charge in [0, 0.05) is 22.7 Å². The summed E-state index contributed by atoms with van der Waals surface area (Å²) in [5.41, 5.74) is 6.06. The van der Waals surface area contributed by atoms with Gasteiger partial charge in [0.15, 0.2) is 11.2 Å². The Balaban J connectivity index is 1.51. The lowest BCUT2D eigenvalue weighted by Gasteiger charge is -2.29. The zero-order chi connectivity index (χ0) is 24.1. The Hall–Kier alpha value is -3.83. The largest absolute Gasteiger partial charge is 0.464 e. The van der Waals surface area contributed by atoms with Crippen LogP contribution in [0.15, 0.2) is 93.5 Å². The standard InChI is InChI=1S/C29H23ClN2O3/c1-16-6-8-17(9-7-16)18-12-24-27(25(33)13-18)28(32-23-5-3-2-4-22(23)31-24)21-15-35-26-11-10-19(30)14-20(26)29(21)34/h2-11,14-15,18,28,31-32H,12-13H2,1H3/t18-,28+/m1/s1. The Morgan fingerprint density at radius 2 is 1.71 bits per heavy atom. The number of para-hydroxylation sites is 2. The molecule has 0 spiro atoms. The van der Waals surface area contributed by atoms with Gasteiger partial charge in [0.2, 0.25) is 0 Å². The molecule has 5 nitrogen and oxygen atoms in total. The highest BCUT2D eigenvalue weighted by Gasteiger charge is 2.37. The van der Waals surface area contributed by atoms with E-state index in [1.54, 1.807) is 18.2 Å². The van der Waals surface area contributed by atoms with Crippen molar-refractivity contribution in [3.8, 4) is 0 Å².